The van der Waals surface area contributed by atoms with Crippen LogP contribution < -0.4 is 20.7 Å². The second-order valence-corrected chi connectivity index (χ2v) is 14.6. The van der Waals surface area contributed by atoms with Gasteiger partial charge in [-0.05, 0) is 74.2 Å². The molecular weight excluding hydrogens is 719 g/mol. The Morgan fingerprint density at radius 1 is 1.02 bits per heavy atom. The lowest BCUT2D eigenvalue weighted by Crippen LogP contribution is -2.49. The lowest BCUT2D eigenvalue weighted by molar-refractivity contribution is -0.171. The predicted octanol–water partition coefficient (Wildman–Crippen LogP) is 4.30. The van der Waals surface area contributed by atoms with Crippen LogP contribution in [0.3, 0.4) is 0 Å². The zero-order valence-corrected chi connectivity index (χ0v) is 32.1. The van der Waals surface area contributed by atoms with Gasteiger partial charge in [0, 0.05) is 25.2 Å². The van der Waals surface area contributed by atoms with Crippen LogP contribution >= 0.6 is 7.60 Å². The normalized spacial score (nSPS) is 14.5. The first kappa shape index (κ1) is 42.2. The van der Waals surface area contributed by atoms with Gasteiger partial charge < -0.3 is 39.1 Å². The summed E-state index contributed by atoms with van der Waals surface area (Å²) >= 11 is 0. The molecule has 3 aromatic rings. The number of carbonyl (C=O) groups is 4. The van der Waals surface area contributed by atoms with E-state index in [1.54, 1.807) is 19.9 Å². The van der Waals surface area contributed by atoms with E-state index in [4.69, 9.17) is 18.7 Å². The first-order chi connectivity index (χ1) is 25.9. The fourth-order valence-electron chi connectivity index (χ4n) is 6.33. The van der Waals surface area contributed by atoms with Gasteiger partial charge in [-0.25, -0.2) is 4.79 Å². The molecule has 1 aliphatic rings. The number of hydrogen-bond donors (Lipinski definition) is 4. The first-order valence-corrected chi connectivity index (χ1v) is 19.8. The molecular formula is C38H51N4O11P. The van der Waals surface area contributed by atoms with Crippen molar-refractivity contribution < 1.29 is 52.3 Å². The molecule has 294 valence electrons. The van der Waals surface area contributed by atoms with Crippen molar-refractivity contribution in [3.8, 4) is 17.1 Å². The number of furan rings is 1. The fraction of sp³-hybridized carbons (Fsp3) is 0.474. The number of rotatable bonds is 20. The highest BCUT2D eigenvalue weighted by Crippen LogP contribution is 2.37. The molecule has 3 amide bonds. The van der Waals surface area contributed by atoms with E-state index in [-0.39, 0.29) is 35.9 Å². The number of ether oxygens (including phenoxy) is 2. The summed E-state index contributed by atoms with van der Waals surface area (Å²) in [5, 5.41) is 5.95. The van der Waals surface area contributed by atoms with Gasteiger partial charge in [0.05, 0.1) is 49.3 Å². The van der Waals surface area contributed by atoms with Gasteiger partial charge in [0.25, 0.3) is 5.91 Å². The summed E-state index contributed by atoms with van der Waals surface area (Å²) in [7, 11) is -4.61. The van der Waals surface area contributed by atoms with Crippen molar-refractivity contribution in [3.05, 3.63) is 71.0 Å². The predicted molar refractivity (Wildman–Crippen MR) is 200 cm³/mol. The zero-order valence-electron chi connectivity index (χ0n) is 31.2. The van der Waals surface area contributed by atoms with Crippen molar-refractivity contribution >= 4 is 37.1 Å². The SMILES string of the molecule is CCCCCC(C(=O)NCNC(=O)c1ccc(-c2cc(OCC)cc(P(=O)(O)O)c2)o1)[C@@H](CC)N(C=O)OC(=O)c1ccc(CN2CCOCC2)cc1C. The van der Waals surface area contributed by atoms with Gasteiger partial charge in [0.15, 0.2) is 5.76 Å². The molecule has 2 heterocycles. The van der Waals surface area contributed by atoms with Crippen LogP contribution in [0.4, 0.5) is 0 Å². The number of hydroxylamine groups is 2. The molecule has 1 fully saturated rings. The zero-order chi connectivity index (χ0) is 39.3. The molecule has 4 rings (SSSR count). The van der Waals surface area contributed by atoms with Crippen LogP contribution in [0, 0.1) is 12.8 Å². The number of unbranched alkanes of at least 4 members (excludes halogenated alkanes) is 2. The van der Waals surface area contributed by atoms with E-state index in [0.717, 1.165) is 43.1 Å². The molecule has 2 atom stereocenters. The van der Waals surface area contributed by atoms with Crippen molar-refractivity contribution in [3.63, 3.8) is 0 Å². The largest absolute Gasteiger partial charge is 0.494 e. The number of hydrogen-bond acceptors (Lipinski definition) is 10. The molecule has 54 heavy (non-hydrogen) atoms. The highest BCUT2D eigenvalue weighted by molar-refractivity contribution is 7.60. The molecule has 15 nitrogen and oxygen atoms in total. The van der Waals surface area contributed by atoms with Crippen LogP contribution in [0.2, 0.25) is 0 Å². The molecule has 0 aliphatic carbocycles. The van der Waals surface area contributed by atoms with Gasteiger partial charge in [0.1, 0.15) is 11.5 Å². The average Bonchev–Trinajstić information content (AvgIpc) is 3.65. The van der Waals surface area contributed by atoms with E-state index in [1.807, 2.05) is 26.0 Å². The van der Waals surface area contributed by atoms with E-state index >= 15 is 0 Å². The third-order valence-corrected chi connectivity index (χ3v) is 10.1. The Labute approximate surface area is 315 Å². The maximum Gasteiger partial charge on any atom is 0.363 e. The number of aryl methyl sites for hydroxylation is 1. The van der Waals surface area contributed by atoms with Crippen LogP contribution in [0.15, 0.2) is 52.9 Å². The van der Waals surface area contributed by atoms with Gasteiger partial charge >= 0.3 is 13.6 Å². The van der Waals surface area contributed by atoms with Gasteiger partial charge in [0.2, 0.25) is 12.3 Å². The van der Waals surface area contributed by atoms with Gasteiger partial charge in [-0.1, -0.05) is 45.2 Å². The molecule has 0 spiro atoms. The summed E-state index contributed by atoms with van der Waals surface area (Å²) in [5.41, 5.74) is 2.35. The molecule has 0 saturated carbocycles. The maximum absolute atomic E-state index is 13.6. The number of carbonyl (C=O) groups excluding carboxylic acids is 4. The highest BCUT2D eigenvalue weighted by Gasteiger charge is 2.34. The highest BCUT2D eigenvalue weighted by atomic mass is 31.2. The summed E-state index contributed by atoms with van der Waals surface area (Å²) in [6.07, 6.45) is 3.56. The van der Waals surface area contributed by atoms with Crippen LogP contribution in [0.5, 0.6) is 5.75 Å². The number of nitrogens with zero attached hydrogens (tertiary/aromatic N) is 2. The molecule has 1 unspecified atom stereocenters. The van der Waals surface area contributed by atoms with E-state index in [9.17, 15) is 33.5 Å². The van der Waals surface area contributed by atoms with Gasteiger partial charge in [-0.3, -0.25) is 23.8 Å². The quantitative estimate of drug-likeness (QED) is 0.0419. The molecule has 2 aromatic carbocycles. The van der Waals surface area contributed by atoms with Crippen molar-refractivity contribution in [2.75, 3.05) is 39.6 Å². The third kappa shape index (κ3) is 11.7. The Morgan fingerprint density at radius 2 is 1.78 bits per heavy atom. The van der Waals surface area contributed by atoms with Crippen LogP contribution in [0.1, 0.15) is 84.9 Å². The number of morpholine rings is 1. The minimum Gasteiger partial charge on any atom is -0.494 e. The smallest absolute Gasteiger partial charge is 0.363 e. The van der Waals surface area contributed by atoms with E-state index in [0.29, 0.717) is 55.6 Å². The Balaban J connectivity index is 1.40. The lowest BCUT2D eigenvalue weighted by Gasteiger charge is -2.32. The third-order valence-electron chi connectivity index (χ3n) is 9.14. The molecule has 0 radical (unpaired) electrons. The molecule has 1 saturated heterocycles. The summed E-state index contributed by atoms with van der Waals surface area (Å²) in [6, 6.07) is 11.6. The lowest BCUT2D eigenvalue weighted by atomic mass is 9.90. The minimum atomic E-state index is -4.61. The Hall–Kier alpha value is -4.53. The summed E-state index contributed by atoms with van der Waals surface area (Å²) in [5.74, 6) is -2.27. The molecule has 0 bridgehead atoms. The molecule has 1 aliphatic heterocycles. The van der Waals surface area contributed by atoms with Gasteiger partial charge in [-0.2, -0.15) is 5.06 Å². The Bertz CT molecular complexity index is 1790. The van der Waals surface area contributed by atoms with Crippen molar-refractivity contribution in [1.29, 1.82) is 0 Å². The maximum atomic E-state index is 13.6. The van der Waals surface area contributed by atoms with Crippen LogP contribution in [0.25, 0.3) is 11.3 Å². The second-order valence-electron chi connectivity index (χ2n) is 13.0. The van der Waals surface area contributed by atoms with E-state index in [2.05, 4.69) is 15.5 Å². The summed E-state index contributed by atoms with van der Waals surface area (Å²) < 4.78 is 28.5. The monoisotopic (exact) mass is 770 g/mol. The standard InChI is InChI=1S/C38H51N4O11P/c1-5-8-9-10-32(33(6-2)42(25-43)53-38(46)31-12-11-27(19-26(31)4)23-41-15-17-50-18-16-41)36(44)39-24-40-37(45)35-14-13-34(52-35)28-20-29(51-7-3)22-30(21-28)54(47,48)49/h11-14,19-22,25,32-33H,5-10,15-18,23-24H2,1-4H3,(H,39,44)(H,40,45)(H2,47,48,49)/t32?,33-/m1/s1. The van der Waals surface area contributed by atoms with Crippen molar-refractivity contribution in [2.24, 2.45) is 5.92 Å². The number of amides is 3. The van der Waals surface area contributed by atoms with Crippen LogP contribution in [-0.4, -0.2) is 89.6 Å². The Morgan fingerprint density at radius 3 is 2.43 bits per heavy atom. The fourth-order valence-corrected chi connectivity index (χ4v) is 6.93. The number of nitrogens with one attached hydrogen (secondary N) is 2. The Kier molecular flexibility index (Phi) is 15.8. The average molecular weight is 771 g/mol. The number of benzene rings is 2. The molecule has 4 N–H and O–H groups in total. The van der Waals surface area contributed by atoms with E-state index in [1.165, 1.54) is 30.3 Å². The second kappa shape index (κ2) is 20.2. The summed E-state index contributed by atoms with van der Waals surface area (Å²) in [4.78, 5) is 79.6. The molecule has 16 heteroatoms. The summed E-state index contributed by atoms with van der Waals surface area (Å²) in [6.45, 7) is 11.1. The topological polar surface area (TPSA) is 197 Å². The van der Waals surface area contributed by atoms with Crippen molar-refractivity contribution in [2.45, 2.75) is 72.4 Å². The first-order valence-electron chi connectivity index (χ1n) is 18.2. The van der Waals surface area contributed by atoms with Crippen molar-refractivity contribution in [1.82, 2.24) is 20.6 Å². The van der Waals surface area contributed by atoms with E-state index < -0.39 is 37.3 Å². The minimum absolute atomic E-state index is 0.104. The van der Waals surface area contributed by atoms with Gasteiger partial charge in [-0.15, -0.1) is 0 Å². The van der Waals surface area contributed by atoms with Crippen LogP contribution in [-0.2, 0) is 30.3 Å². The molecule has 1 aromatic heterocycles.